The summed E-state index contributed by atoms with van der Waals surface area (Å²) >= 11 is 0. The number of fused-ring (bicyclic) bond motifs is 1. The van der Waals surface area contributed by atoms with Crippen LogP contribution in [0.5, 0.6) is 5.75 Å². The van der Waals surface area contributed by atoms with Gasteiger partial charge in [0.25, 0.3) is 0 Å². The number of amides is 5. The molecule has 5 amide bonds. The summed E-state index contributed by atoms with van der Waals surface area (Å²) in [6, 6.07) is 10.6. The zero-order valence-corrected chi connectivity index (χ0v) is 19.9. The normalized spacial score (nSPS) is 18.0. The monoisotopic (exact) mass is 508 g/mol. The zero-order valence-electron chi connectivity index (χ0n) is 19.9. The van der Waals surface area contributed by atoms with Gasteiger partial charge in [-0.3, -0.25) is 19.3 Å². The van der Waals surface area contributed by atoms with Gasteiger partial charge in [0.15, 0.2) is 0 Å². The maximum Gasteiger partial charge on any atom is 0.547 e. The Kier molecular flexibility index (Phi) is 7.43. The van der Waals surface area contributed by atoms with E-state index >= 15 is 0 Å². The van der Waals surface area contributed by atoms with E-state index in [0.29, 0.717) is 17.7 Å². The molecule has 0 aromatic heterocycles. The van der Waals surface area contributed by atoms with Crippen LogP contribution in [0.3, 0.4) is 0 Å². The molecule has 2 atom stereocenters. The van der Waals surface area contributed by atoms with Crippen molar-refractivity contribution in [3.8, 4) is 5.75 Å². The SMILES string of the molecule is CCN1CCN(C(=O)NC(C(=O)N[C@H]2Cc3cccc(C(=O)O)c3OB2O)c2ccccc2)C(=O)C1=O. The van der Waals surface area contributed by atoms with E-state index in [2.05, 4.69) is 10.6 Å². The van der Waals surface area contributed by atoms with E-state index in [4.69, 9.17) is 4.65 Å². The molecule has 2 aromatic carbocycles. The van der Waals surface area contributed by atoms with Gasteiger partial charge in [0.05, 0.1) is 11.5 Å². The predicted molar refractivity (Wildman–Crippen MR) is 129 cm³/mol. The van der Waals surface area contributed by atoms with E-state index in [1.165, 1.54) is 17.0 Å². The molecule has 13 heteroatoms. The molecule has 12 nitrogen and oxygen atoms in total. The lowest BCUT2D eigenvalue weighted by atomic mass is 9.72. The van der Waals surface area contributed by atoms with Crippen molar-refractivity contribution in [3.63, 3.8) is 0 Å². The molecule has 0 spiro atoms. The first-order valence-corrected chi connectivity index (χ1v) is 11.7. The van der Waals surface area contributed by atoms with Gasteiger partial charge < -0.3 is 30.3 Å². The van der Waals surface area contributed by atoms with Gasteiger partial charge in [0.1, 0.15) is 11.8 Å². The van der Waals surface area contributed by atoms with Crippen LogP contribution in [0.2, 0.25) is 0 Å². The van der Waals surface area contributed by atoms with Crippen molar-refractivity contribution in [1.29, 1.82) is 0 Å². The number of urea groups is 1. The average Bonchev–Trinajstić information content (AvgIpc) is 2.89. The molecule has 2 aromatic rings. The van der Waals surface area contributed by atoms with E-state index in [-0.39, 0.29) is 30.8 Å². The Balaban J connectivity index is 1.52. The molecule has 2 aliphatic heterocycles. The highest BCUT2D eigenvalue weighted by Crippen LogP contribution is 2.30. The van der Waals surface area contributed by atoms with Crippen LogP contribution in [0.4, 0.5) is 4.79 Å². The number of nitrogens with zero attached hydrogens (tertiary/aromatic N) is 2. The zero-order chi connectivity index (χ0) is 26.7. The van der Waals surface area contributed by atoms with Gasteiger partial charge in [-0.05, 0) is 30.5 Å². The second kappa shape index (κ2) is 10.7. The molecule has 1 saturated heterocycles. The molecule has 37 heavy (non-hydrogen) atoms. The number of rotatable bonds is 6. The topological polar surface area (TPSA) is 166 Å². The third-order valence-corrected chi connectivity index (χ3v) is 6.28. The molecule has 1 unspecified atom stereocenters. The smallest absolute Gasteiger partial charge is 0.534 e. The van der Waals surface area contributed by atoms with Gasteiger partial charge >= 0.3 is 30.9 Å². The van der Waals surface area contributed by atoms with Gasteiger partial charge in [-0.1, -0.05) is 42.5 Å². The quantitative estimate of drug-likeness (QED) is 0.312. The van der Waals surface area contributed by atoms with E-state index in [1.54, 1.807) is 43.3 Å². The Labute approximate surface area is 212 Å². The molecule has 4 rings (SSSR count). The van der Waals surface area contributed by atoms with Gasteiger partial charge in [0.2, 0.25) is 5.91 Å². The molecule has 192 valence electrons. The van der Waals surface area contributed by atoms with Crippen molar-refractivity contribution in [1.82, 2.24) is 20.4 Å². The second-order valence-electron chi connectivity index (χ2n) is 8.56. The molecular formula is C24H25BN4O8. The van der Waals surface area contributed by atoms with Crippen LogP contribution in [0.25, 0.3) is 0 Å². The number of carboxylic acid groups (broad SMARTS) is 1. The summed E-state index contributed by atoms with van der Waals surface area (Å²) in [7, 11) is -1.55. The van der Waals surface area contributed by atoms with E-state index in [0.717, 1.165) is 4.90 Å². The van der Waals surface area contributed by atoms with Crippen molar-refractivity contribution in [2.45, 2.75) is 25.3 Å². The summed E-state index contributed by atoms with van der Waals surface area (Å²) in [5.41, 5.74) is 0.769. The first-order chi connectivity index (χ1) is 17.7. The third kappa shape index (κ3) is 5.26. The molecular weight excluding hydrogens is 483 g/mol. The number of piperazine rings is 1. The maximum atomic E-state index is 13.3. The minimum absolute atomic E-state index is 0.0226. The Morgan fingerprint density at radius 1 is 1.08 bits per heavy atom. The van der Waals surface area contributed by atoms with Crippen LogP contribution in [0.15, 0.2) is 48.5 Å². The van der Waals surface area contributed by atoms with Crippen LogP contribution in [-0.4, -0.2) is 82.3 Å². The van der Waals surface area contributed by atoms with Crippen molar-refractivity contribution in [2.75, 3.05) is 19.6 Å². The third-order valence-electron chi connectivity index (χ3n) is 6.28. The lowest BCUT2D eigenvalue weighted by molar-refractivity contribution is -0.153. The van der Waals surface area contributed by atoms with Crippen molar-refractivity contribution in [2.24, 2.45) is 0 Å². The summed E-state index contributed by atoms with van der Waals surface area (Å²) in [6.45, 7) is 2.21. The van der Waals surface area contributed by atoms with Crippen LogP contribution < -0.4 is 15.3 Å². The minimum atomic E-state index is -1.55. The number of carboxylic acids is 1. The minimum Gasteiger partial charge on any atom is -0.534 e. The van der Waals surface area contributed by atoms with Crippen LogP contribution in [0, 0.1) is 0 Å². The number of carbonyl (C=O) groups is 5. The highest BCUT2D eigenvalue weighted by atomic mass is 16.5. The Bertz CT molecular complexity index is 1240. The number of hydrogen-bond acceptors (Lipinski definition) is 7. The molecule has 0 aliphatic carbocycles. The van der Waals surface area contributed by atoms with Gasteiger partial charge in [-0.25, -0.2) is 9.59 Å². The number of benzene rings is 2. The molecule has 0 saturated carbocycles. The summed E-state index contributed by atoms with van der Waals surface area (Å²) in [5, 5.41) is 25.0. The molecule has 1 fully saturated rings. The van der Waals surface area contributed by atoms with E-state index in [9.17, 15) is 34.1 Å². The summed E-state index contributed by atoms with van der Waals surface area (Å²) < 4.78 is 5.42. The van der Waals surface area contributed by atoms with Crippen LogP contribution >= 0.6 is 0 Å². The highest BCUT2D eigenvalue weighted by molar-refractivity contribution is 6.47. The molecule has 0 radical (unpaired) electrons. The van der Waals surface area contributed by atoms with E-state index in [1.807, 2.05) is 0 Å². The first kappa shape index (κ1) is 25.7. The number of nitrogens with one attached hydrogen (secondary N) is 2. The fourth-order valence-electron chi connectivity index (χ4n) is 4.30. The highest BCUT2D eigenvalue weighted by Gasteiger charge is 2.40. The number of aromatic carboxylic acids is 1. The van der Waals surface area contributed by atoms with Gasteiger partial charge in [0, 0.05) is 19.6 Å². The number of carbonyl (C=O) groups excluding carboxylic acids is 4. The number of imide groups is 1. The predicted octanol–water partition coefficient (Wildman–Crippen LogP) is -0.0342. The standard InChI is InChI=1S/C24H25BN4O8/c1-2-28-11-12-29(22(32)21(28)31)24(35)27-18(14-7-4-3-5-8-14)20(30)26-17-13-15-9-6-10-16(23(33)34)19(15)37-25(17)36/h3-10,17-18,36H,2,11-13H2,1H3,(H,26,30)(H,27,35)(H,33,34)/t17-,18?/m0/s1. The lowest BCUT2D eigenvalue weighted by Gasteiger charge is -2.33. The fourth-order valence-corrected chi connectivity index (χ4v) is 4.30. The first-order valence-electron chi connectivity index (χ1n) is 11.7. The largest absolute Gasteiger partial charge is 0.547 e. The Morgan fingerprint density at radius 2 is 1.81 bits per heavy atom. The van der Waals surface area contributed by atoms with Crippen LogP contribution in [0.1, 0.15) is 34.5 Å². The van der Waals surface area contributed by atoms with Crippen molar-refractivity contribution in [3.05, 3.63) is 65.2 Å². The molecule has 4 N–H and O–H groups in total. The van der Waals surface area contributed by atoms with E-state index < -0.39 is 48.8 Å². The maximum absolute atomic E-state index is 13.3. The van der Waals surface area contributed by atoms with Gasteiger partial charge in [-0.15, -0.1) is 0 Å². The summed E-state index contributed by atoms with van der Waals surface area (Å²) in [5.74, 6) is -4.63. The number of likely N-dealkylation sites (N-methyl/N-ethyl adjacent to an activating group) is 1. The summed E-state index contributed by atoms with van der Waals surface area (Å²) in [6.07, 6.45) is 0.0742. The second-order valence-corrected chi connectivity index (χ2v) is 8.56. The average molecular weight is 508 g/mol. The lowest BCUT2D eigenvalue weighted by Crippen LogP contribution is -2.60. The number of para-hydroxylation sites is 1. The molecule has 2 aliphatic rings. The van der Waals surface area contributed by atoms with Crippen LogP contribution in [-0.2, 0) is 20.8 Å². The molecule has 2 heterocycles. The van der Waals surface area contributed by atoms with Crippen molar-refractivity contribution < 1.29 is 38.8 Å². The Hall–Kier alpha value is -4.39. The fraction of sp³-hybridized carbons (Fsp3) is 0.292. The summed E-state index contributed by atoms with van der Waals surface area (Å²) in [4.78, 5) is 64.6. The Morgan fingerprint density at radius 3 is 2.49 bits per heavy atom. The van der Waals surface area contributed by atoms with Gasteiger partial charge in [-0.2, -0.15) is 0 Å². The number of hydrogen-bond donors (Lipinski definition) is 4. The molecule has 0 bridgehead atoms. The van der Waals surface area contributed by atoms with Crippen molar-refractivity contribution >= 4 is 36.8 Å².